The van der Waals surface area contributed by atoms with Gasteiger partial charge in [0.05, 0.1) is 12.2 Å². The van der Waals surface area contributed by atoms with Gasteiger partial charge in [-0.05, 0) is 12.1 Å². The number of hydrogen-bond donors (Lipinski definition) is 1. The molecular weight excluding hydrogens is 306 g/mol. The van der Waals surface area contributed by atoms with Crippen molar-refractivity contribution in [2.45, 2.75) is 12.4 Å². The summed E-state index contributed by atoms with van der Waals surface area (Å²) in [6.07, 6.45) is -9.00. The zero-order valence-corrected chi connectivity index (χ0v) is 10.4. The van der Waals surface area contributed by atoms with Crippen LogP contribution in [0.15, 0.2) is 18.3 Å². The molecular formula is C11H10F6N2O2. The molecule has 0 bridgehead atoms. The van der Waals surface area contributed by atoms with E-state index in [-0.39, 0.29) is 4.90 Å². The molecule has 4 nitrogen and oxygen atoms in total. The van der Waals surface area contributed by atoms with Crippen molar-refractivity contribution in [3.63, 3.8) is 0 Å². The molecule has 21 heavy (non-hydrogen) atoms. The van der Waals surface area contributed by atoms with Gasteiger partial charge in [0, 0.05) is 12.7 Å². The van der Waals surface area contributed by atoms with Gasteiger partial charge in [-0.3, -0.25) is 9.78 Å². The van der Waals surface area contributed by atoms with E-state index in [1.165, 1.54) is 0 Å². The molecule has 1 heterocycles. The van der Waals surface area contributed by atoms with Crippen molar-refractivity contribution in [2.24, 2.45) is 0 Å². The number of aliphatic hydroxyl groups is 1. The maximum atomic E-state index is 12.3. The van der Waals surface area contributed by atoms with E-state index >= 15 is 0 Å². The number of aliphatic hydroxyl groups excluding tert-OH is 1. The Bertz CT molecular complexity index is 483. The molecule has 0 aliphatic heterocycles. The second-order valence-corrected chi connectivity index (χ2v) is 4.00. The van der Waals surface area contributed by atoms with Crippen LogP contribution >= 0.6 is 0 Å². The molecule has 1 aromatic heterocycles. The Hall–Kier alpha value is -1.84. The second kappa shape index (κ2) is 6.29. The molecule has 0 aliphatic carbocycles. The fourth-order valence-electron chi connectivity index (χ4n) is 1.44. The number of rotatable bonds is 4. The molecule has 0 atom stereocenters. The van der Waals surface area contributed by atoms with Crippen molar-refractivity contribution >= 4 is 5.91 Å². The highest BCUT2D eigenvalue weighted by molar-refractivity contribution is 5.92. The zero-order chi connectivity index (χ0) is 16.3. The molecule has 0 saturated carbocycles. The molecule has 0 fully saturated rings. The highest BCUT2D eigenvalue weighted by atomic mass is 19.4. The largest absolute Gasteiger partial charge is 0.417 e. The van der Waals surface area contributed by atoms with Crippen molar-refractivity contribution in [2.75, 3.05) is 19.7 Å². The first-order valence-electron chi connectivity index (χ1n) is 5.55. The molecule has 1 N–H and O–H groups in total. The van der Waals surface area contributed by atoms with Gasteiger partial charge in [-0.15, -0.1) is 0 Å². The maximum Gasteiger partial charge on any atom is 0.417 e. The Labute approximate surface area is 115 Å². The van der Waals surface area contributed by atoms with Crippen LogP contribution < -0.4 is 0 Å². The zero-order valence-electron chi connectivity index (χ0n) is 10.4. The topological polar surface area (TPSA) is 53.4 Å². The van der Waals surface area contributed by atoms with Crippen LogP contribution in [-0.2, 0) is 6.18 Å². The summed E-state index contributed by atoms with van der Waals surface area (Å²) >= 11 is 0. The number of pyridine rings is 1. The first-order valence-corrected chi connectivity index (χ1v) is 5.55. The molecule has 0 radical (unpaired) electrons. The van der Waals surface area contributed by atoms with Crippen molar-refractivity contribution in [1.82, 2.24) is 9.88 Å². The lowest BCUT2D eigenvalue weighted by molar-refractivity contribution is -0.141. The molecule has 10 heteroatoms. The van der Waals surface area contributed by atoms with Gasteiger partial charge in [-0.2, -0.15) is 26.3 Å². The van der Waals surface area contributed by atoms with Crippen LogP contribution in [0.1, 0.15) is 16.1 Å². The molecule has 1 amide bonds. The average molecular weight is 316 g/mol. The Kier molecular flexibility index (Phi) is 5.15. The smallest absolute Gasteiger partial charge is 0.395 e. The molecule has 1 aromatic rings. The van der Waals surface area contributed by atoms with Gasteiger partial charge in [0.25, 0.3) is 5.91 Å². The van der Waals surface area contributed by atoms with Crippen molar-refractivity contribution in [1.29, 1.82) is 0 Å². The Morgan fingerprint density at radius 2 is 1.81 bits per heavy atom. The number of carbonyl (C=O) groups is 1. The fraction of sp³-hybridized carbons (Fsp3) is 0.455. The van der Waals surface area contributed by atoms with E-state index in [2.05, 4.69) is 4.98 Å². The second-order valence-electron chi connectivity index (χ2n) is 4.00. The summed E-state index contributed by atoms with van der Waals surface area (Å²) in [5.41, 5.74) is -1.69. The normalized spacial score (nSPS) is 12.3. The highest BCUT2D eigenvalue weighted by Crippen LogP contribution is 2.28. The predicted octanol–water partition coefficient (Wildman–Crippen LogP) is 2.10. The van der Waals surface area contributed by atoms with Gasteiger partial charge in [-0.25, -0.2) is 0 Å². The van der Waals surface area contributed by atoms with Crippen LogP contribution in [0.5, 0.6) is 0 Å². The van der Waals surface area contributed by atoms with Gasteiger partial charge >= 0.3 is 12.4 Å². The Morgan fingerprint density at radius 3 is 2.19 bits per heavy atom. The summed E-state index contributed by atoms with van der Waals surface area (Å²) < 4.78 is 73.8. The number of carbonyl (C=O) groups excluding carboxylic acids is 1. The van der Waals surface area contributed by atoms with E-state index in [0.29, 0.717) is 18.3 Å². The lowest BCUT2D eigenvalue weighted by Crippen LogP contribution is -2.41. The van der Waals surface area contributed by atoms with Crippen LogP contribution in [0.3, 0.4) is 0 Å². The first kappa shape index (κ1) is 17.2. The minimum Gasteiger partial charge on any atom is -0.395 e. The van der Waals surface area contributed by atoms with Crippen molar-refractivity contribution in [3.8, 4) is 0 Å². The number of alkyl halides is 6. The Balaban J connectivity index is 2.94. The molecule has 1 rings (SSSR count). The van der Waals surface area contributed by atoms with Crippen LogP contribution in [-0.4, -0.2) is 46.8 Å². The molecule has 118 valence electrons. The van der Waals surface area contributed by atoms with Crippen LogP contribution in [0.25, 0.3) is 0 Å². The standard InChI is InChI=1S/C11H10F6N2O2/c12-10(13,14)6-19(3-4-20)9(21)8-2-1-7(5-18-8)11(15,16)17/h1-2,5,20H,3-4,6H2. The van der Waals surface area contributed by atoms with Gasteiger partial charge in [0.15, 0.2) is 0 Å². The molecule has 0 aliphatic rings. The maximum absolute atomic E-state index is 12.3. The third kappa shape index (κ3) is 5.21. The first-order chi connectivity index (χ1) is 9.54. The summed E-state index contributed by atoms with van der Waals surface area (Å²) in [6.45, 7) is -2.96. The number of aromatic nitrogens is 1. The average Bonchev–Trinajstić information content (AvgIpc) is 2.35. The lowest BCUT2D eigenvalue weighted by atomic mass is 10.2. The van der Waals surface area contributed by atoms with Crippen molar-refractivity contribution in [3.05, 3.63) is 29.6 Å². The van der Waals surface area contributed by atoms with Gasteiger partial charge < -0.3 is 10.0 Å². The quantitative estimate of drug-likeness (QED) is 0.866. The summed E-state index contributed by atoms with van der Waals surface area (Å²) in [7, 11) is 0. The predicted molar refractivity (Wildman–Crippen MR) is 58.3 cm³/mol. The third-order valence-corrected chi connectivity index (χ3v) is 2.34. The lowest BCUT2D eigenvalue weighted by Gasteiger charge is -2.22. The van der Waals surface area contributed by atoms with E-state index < -0.39 is 49.2 Å². The number of hydrogen-bond acceptors (Lipinski definition) is 3. The molecule has 0 saturated heterocycles. The number of halogens is 6. The summed E-state index contributed by atoms with van der Waals surface area (Å²) in [5.74, 6) is -1.21. The van der Waals surface area contributed by atoms with E-state index in [1.54, 1.807) is 0 Å². The Morgan fingerprint density at radius 1 is 1.19 bits per heavy atom. The minimum atomic E-state index is -4.70. The van der Waals surface area contributed by atoms with Gasteiger partial charge in [-0.1, -0.05) is 0 Å². The van der Waals surface area contributed by atoms with Crippen LogP contribution in [0.2, 0.25) is 0 Å². The molecule has 0 aromatic carbocycles. The summed E-state index contributed by atoms with van der Waals surface area (Å²) in [5, 5.41) is 8.65. The summed E-state index contributed by atoms with van der Waals surface area (Å²) in [6, 6.07) is 1.23. The molecule has 0 unspecified atom stereocenters. The number of amides is 1. The third-order valence-electron chi connectivity index (χ3n) is 2.34. The van der Waals surface area contributed by atoms with Gasteiger partial charge in [0.1, 0.15) is 12.2 Å². The van der Waals surface area contributed by atoms with E-state index in [9.17, 15) is 31.1 Å². The van der Waals surface area contributed by atoms with E-state index in [4.69, 9.17) is 5.11 Å². The minimum absolute atomic E-state index is 0.260. The fourth-order valence-corrected chi connectivity index (χ4v) is 1.44. The summed E-state index contributed by atoms with van der Waals surface area (Å²) in [4.78, 5) is 15.2. The SMILES string of the molecule is O=C(c1ccc(C(F)(F)F)cn1)N(CCO)CC(F)(F)F. The molecule has 0 spiro atoms. The monoisotopic (exact) mass is 316 g/mol. The highest BCUT2D eigenvalue weighted by Gasteiger charge is 2.34. The number of nitrogens with zero attached hydrogens (tertiary/aromatic N) is 2. The van der Waals surface area contributed by atoms with E-state index in [1.807, 2.05) is 0 Å². The van der Waals surface area contributed by atoms with Gasteiger partial charge in [0.2, 0.25) is 0 Å². The van der Waals surface area contributed by atoms with Crippen LogP contribution in [0, 0.1) is 0 Å². The van der Waals surface area contributed by atoms with E-state index in [0.717, 1.165) is 0 Å². The van der Waals surface area contributed by atoms with Crippen LogP contribution in [0.4, 0.5) is 26.3 Å². The van der Waals surface area contributed by atoms with Crippen molar-refractivity contribution < 1.29 is 36.2 Å².